The molecule has 0 heterocycles. The summed E-state index contributed by atoms with van der Waals surface area (Å²) in [4.78, 5) is 2.31. The molecule has 2 nitrogen and oxygen atoms in total. The molecule has 0 aromatic carbocycles. The maximum atomic E-state index is 8.77. The van der Waals surface area contributed by atoms with Crippen LogP contribution in [0.15, 0.2) is 0 Å². The molecule has 0 spiro atoms. The Morgan fingerprint density at radius 1 is 0.923 bits per heavy atom. The van der Waals surface area contributed by atoms with Crippen molar-refractivity contribution in [3.63, 3.8) is 0 Å². The number of hydrogen-bond acceptors (Lipinski definition) is 2. The zero-order chi connectivity index (χ0) is 9.94. The molecule has 1 N–H and O–H groups in total. The number of nitrogens with zero attached hydrogens (tertiary/aromatic N) is 1. The summed E-state index contributed by atoms with van der Waals surface area (Å²) in [5.41, 5.74) is 0. The Labute approximate surface area is 82.9 Å². The number of hydrogen-bond donors (Lipinski definition) is 1. The largest absolute Gasteiger partial charge is 0.395 e. The highest BCUT2D eigenvalue weighted by Crippen LogP contribution is 2.03. The van der Waals surface area contributed by atoms with Gasteiger partial charge in [0.25, 0.3) is 0 Å². The first kappa shape index (κ1) is 12.9. The molecule has 0 aliphatic heterocycles. The van der Waals surface area contributed by atoms with Crippen LogP contribution < -0.4 is 0 Å². The highest BCUT2D eigenvalue weighted by atomic mass is 16.3. The molecule has 2 heteroatoms. The minimum absolute atomic E-state index is 0.294. The molecular formula is C11H25NO. The minimum Gasteiger partial charge on any atom is -0.395 e. The van der Waals surface area contributed by atoms with Gasteiger partial charge in [0.05, 0.1) is 6.61 Å². The van der Waals surface area contributed by atoms with E-state index in [1.54, 1.807) is 0 Å². The lowest BCUT2D eigenvalue weighted by atomic mass is 10.1. The van der Waals surface area contributed by atoms with Gasteiger partial charge in [0, 0.05) is 6.54 Å². The summed E-state index contributed by atoms with van der Waals surface area (Å²) < 4.78 is 0. The first-order valence-corrected chi connectivity index (χ1v) is 5.68. The fraction of sp³-hybridized carbons (Fsp3) is 1.00. The molecular weight excluding hydrogens is 162 g/mol. The van der Waals surface area contributed by atoms with Gasteiger partial charge in [-0.05, 0) is 19.5 Å². The lowest BCUT2D eigenvalue weighted by molar-refractivity contribution is 0.199. The highest BCUT2D eigenvalue weighted by molar-refractivity contribution is 4.54. The van der Waals surface area contributed by atoms with Crippen LogP contribution in [0.25, 0.3) is 0 Å². The van der Waals surface area contributed by atoms with Crippen LogP contribution in [0.2, 0.25) is 0 Å². The van der Waals surface area contributed by atoms with E-state index in [0.717, 1.165) is 19.6 Å². The SMILES string of the molecule is CCCCCCCN(CC)CCO. The molecule has 0 aliphatic carbocycles. The summed E-state index contributed by atoms with van der Waals surface area (Å²) in [6, 6.07) is 0. The van der Waals surface area contributed by atoms with Gasteiger partial charge in [0.1, 0.15) is 0 Å². The van der Waals surface area contributed by atoms with E-state index in [2.05, 4.69) is 18.7 Å². The Morgan fingerprint density at radius 2 is 1.62 bits per heavy atom. The second-order valence-electron chi connectivity index (χ2n) is 3.57. The molecule has 0 aromatic rings. The van der Waals surface area contributed by atoms with E-state index in [4.69, 9.17) is 5.11 Å². The maximum Gasteiger partial charge on any atom is 0.0558 e. The second kappa shape index (κ2) is 10.0. The normalized spacial score (nSPS) is 11.1. The third-order valence-corrected chi connectivity index (χ3v) is 2.44. The summed E-state index contributed by atoms with van der Waals surface area (Å²) in [5.74, 6) is 0. The van der Waals surface area contributed by atoms with Crippen LogP contribution in [0.1, 0.15) is 46.0 Å². The van der Waals surface area contributed by atoms with E-state index in [1.807, 2.05) is 0 Å². The van der Waals surface area contributed by atoms with Crippen LogP contribution in [0.4, 0.5) is 0 Å². The fourth-order valence-corrected chi connectivity index (χ4v) is 1.51. The van der Waals surface area contributed by atoms with E-state index >= 15 is 0 Å². The Bertz CT molecular complexity index is 96.1. The van der Waals surface area contributed by atoms with Crippen molar-refractivity contribution in [3.8, 4) is 0 Å². The average Bonchev–Trinajstić information content (AvgIpc) is 2.16. The number of aliphatic hydroxyl groups is 1. The standard InChI is InChI=1S/C11H25NO/c1-3-5-6-7-8-9-12(4-2)10-11-13/h13H,3-11H2,1-2H3. The molecule has 0 aliphatic rings. The number of likely N-dealkylation sites (N-methyl/N-ethyl adjacent to an activating group) is 1. The van der Waals surface area contributed by atoms with E-state index in [9.17, 15) is 0 Å². The van der Waals surface area contributed by atoms with Crippen LogP contribution >= 0.6 is 0 Å². The van der Waals surface area contributed by atoms with Crippen molar-refractivity contribution in [1.29, 1.82) is 0 Å². The maximum absolute atomic E-state index is 8.77. The predicted octanol–water partition coefficient (Wildman–Crippen LogP) is 2.27. The van der Waals surface area contributed by atoms with Crippen LogP contribution in [0, 0.1) is 0 Å². The van der Waals surface area contributed by atoms with Gasteiger partial charge in [-0.3, -0.25) is 0 Å². The Kier molecular flexibility index (Phi) is 9.94. The minimum atomic E-state index is 0.294. The van der Waals surface area contributed by atoms with Crippen LogP contribution in [-0.4, -0.2) is 36.2 Å². The summed E-state index contributed by atoms with van der Waals surface area (Å²) in [6.07, 6.45) is 6.68. The molecule has 0 radical (unpaired) electrons. The number of rotatable bonds is 9. The highest BCUT2D eigenvalue weighted by Gasteiger charge is 1.99. The predicted molar refractivity (Wildman–Crippen MR) is 58.0 cm³/mol. The van der Waals surface area contributed by atoms with E-state index in [0.29, 0.717) is 6.61 Å². The molecule has 0 aromatic heterocycles. The van der Waals surface area contributed by atoms with E-state index in [-0.39, 0.29) is 0 Å². The first-order chi connectivity index (χ1) is 6.35. The van der Waals surface area contributed by atoms with E-state index in [1.165, 1.54) is 32.1 Å². The molecule has 0 fully saturated rings. The fourth-order valence-electron chi connectivity index (χ4n) is 1.51. The van der Waals surface area contributed by atoms with Crippen molar-refractivity contribution in [3.05, 3.63) is 0 Å². The van der Waals surface area contributed by atoms with Gasteiger partial charge in [-0.1, -0.05) is 39.5 Å². The molecule has 13 heavy (non-hydrogen) atoms. The summed E-state index contributed by atoms with van der Waals surface area (Å²) in [6.45, 7) is 7.74. The third-order valence-electron chi connectivity index (χ3n) is 2.44. The summed E-state index contributed by atoms with van der Waals surface area (Å²) in [5, 5.41) is 8.77. The lowest BCUT2D eigenvalue weighted by Crippen LogP contribution is -2.27. The van der Waals surface area contributed by atoms with Gasteiger partial charge in [0.2, 0.25) is 0 Å². The zero-order valence-corrected chi connectivity index (χ0v) is 9.26. The van der Waals surface area contributed by atoms with Gasteiger partial charge in [-0.2, -0.15) is 0 Å². The van der Waals surface area contributed by atoms with Crippen molar-refractivity contribution in [2.45, 2.75) is 46.0 Å². The molecule has 80 valence electrons. The molecule has 0 rings (SSSR count). The van der Waals surface area contributed by atoms with Gasteiger partial charge < -0.3 is 10.0 Å². The molecule has 0 atom stereocenters. The van der Waals surface area contributed by atoms with E-state index < -0.39 is 0 Å². The van der Waals surface area contributed by atoms with Crippen LogP contribution in [0.3, 0.4) is 0 Å². The molecule has 0 amide bonds. The number of aliphatic hydroxyl groups excluding tert-OH is 1. The third kappa shape index (κ3) is 8.26. The summed E-state index contributed by atoms with van der Waals surface area (Å²) >= 11 is 0. The van der Waals surface area contributed by atoms with Crippen LogP contribution in [0.5, 0.6) is 0 Å². The molecule has 0 saturated heterocycles. The van der Waals surface area contributed by atoms with Crippen LogP contribution in [-0.2, 0) is 0 Å². The average molecular weight is 187 g/mol. The zero-order valence-electron chi connectivity index (χ0n) is 9.26. The van der Waals surface area contributed by atoms with Crippen molar-refractivity contribution in [1.82, 2.24) is 4.90 Å². The molecule has 0 unspecified atom stereocenters. The monoisotopic (exact) mass is 187 g/mol. The van der Waals surface area contributed by atoms with Gasteiger partial charge in [0.15, 0.2) is 0 Å². The van der Waals surface area contributed by atoms with Crippen molar-refractivity contribution in [2.75, 3.05) is 26.2 Å². The molecule has 0 bridgehead atoms. The summed E-state index contributed by atoms with van der Waals surface area (Å²) in [7, 11) is 0. The second-order valence-corrected chi connectivity index (χ2v) is 3.57. The van der Waals surface area contributed by atoms with Crippen molar-refractivity contribution < 1.29 is 5.11 Å². The smallest absolute Gasteiger partial charge is 0.0558 e. The topological polar surface area (TPSA) is 23.5 Å². The van der Waals surface area contributed by atoms with Crippen molar-refractivity contribution in [2.24, 2.45) is 0 Å². The Balaban J connectivity index is 3.17. The first-order valence-electron chi connectivity index (χ1n) is 5.68. The molecule has 0 saturated carbocycles. The quantitative estimate of drug-likeness (QED) is 0.560. The van der Waals surface area contributed by atoms with Crippen molar-refractivity contribution >= 4 is 0 Å². The number of unbranched alkanes of at least 4 members (excludes halogenated alkanes) is 4. The Morgan fingerprint density at radius 3 is 2.15 bits per heavy atom. The van der Waals surface area contributed by atoms with Gasteiger partial charge in [-0.15, -0.1) is 0 Å². The van der Waals surface area contributed by atoms with Gasteiger partial charge >= 0.3 is 0 Å². The Hall–Kier alpha value is -0.0800. The lowest BCUT2D eigenvalue weighted by Gasteiger charge is -2.18. The van der Waals surface area contributed by atoms with Gasteiger partial charge in [-0.25, -0.2) is 0 Å².